The van der Waals surface area contributed by atoms with Crippen molar-refractivity contribution in [3.05, 3.63) is 62.6 Å². The van der Waals surface area contributed by atoms with Crippen LogP contribution in [-0.4, -0.2) is 21.5 Å². The van der Waals surface area contributed by atoms with E-state index in [0.717, 1.165) is 36.3 Å². The van der Waals surface area contributed by atoms with Crippen molar-refractivity contribution in [2.75, 3.05) is 11.1 Å². The van der Waals surface area contributed by atoms with Gasteiger partial charge < -0.3 is 10.3 Å². The van der Waals surface area contributed by atoms with E-state index in [2.05, 4.69) is 28.3 Å². The van der Waals surface area contributed by atoms with Gasteiger partial charge in [-0.3, -0.25) is 9.59 Å². The molecule has 0 bridgehead atoms. The van der Waals surface area contributed by atoms with Crippen LogP contribution in [0.1, 0.15) is 55.2 Å². The zero-order valence-electron chi connectivity index (χ0n) is 15.5. The highest BCUT2D eigenvalue weighted by Gasteiger charge is 2.37. The van der Waals surface area contributed by atoms with E-state index in [-0.39, 0.29) is 11.3 Å². The van der Waals surface area contributed by atoms with Gasteiger partial charge in [0.25, 0.3) is 5.56 Å². The maximum Gasteiger partial charge on any atom is 0.257 e. The second-order valence-electron chi connectivity index (χ2n) is 6.94. The molecule has 1 unspecified atom stereocenters. The molecule has 2 heterocycles. The topological polar surface area (TPSA) is 98.6 Å². The Morgan fingerprint density at radius 3 is 2.75 bits per heavy atom. The molecule has 0 spiro atoms. The molecule has 6 nitrogen and oxygen atoms in total. The number of benzene rings is 1. The average Bonchev–Trinajstić information content (AvgIpc) is 2.71. The van der Waals surface area contributed by atoms with Crippen molar-refractivity contribution in [2.45, 2.75) is 43.7 Å². The van der Waals surface area contributed by atoms with E-state index in [4.69, 9.17) is 5.26 Å². The molecule has 2 aromatic rings. The number of rotatable bonds is 4. The second-order valence-corrected chi connectivity index (χ2v) is 8.03. The Hall–Kier alpha value is -2.85. The maximum absolute atomic E-state index is 13.0. The van der Waals surface area contributed by atoms with Gasteiger partial charge in [-0.05, 0) is 37.0 Å². The van der Waals surface area contributed by atoms with Crippen LogP contribution >= 0.6 is 11.8 Å². The van der Waals surface area contributed by atoms with Crippen LogP contribution in [0.5, 0.6) is 0 Å². The molecule has 142 valence electrons. The molecule has 1 aromatic heterocycles. The first kappa shape index (κ1) is 18.5. The fourth-order valence-electron chi connectivity index (χ4n) is 3.79. The van der Waals surface area contributed by atoms with E-state index < -0.39 is 5.92 Å². The summed E-state index contributed by atoms with van der Waals surface area (Å²) < 4.78 is 0. The standard InChI is InChI=1S/C21H20N4O2S/c1-2-10-28-21-24-19-18(20(27)25-21)16(13-8-6-12(11-22)7-9-13)17-14(23-19)4-3-5-15(17)26/h6-9,16H,2-5,10H2,1H3,(H2,23,24,25,27). The summed E-state index contributed by atoms with van der Waals surface area (Å²) in [5.74, 6) is 1.00. The predicted octanol–water partition coefficient (Wildman–Crippen LogP) is 3.71. The Balaban J connectivity index is 1.88. The number of carbonyl (C=O) groups excluding carboxylic acids is 1. The number of H-pyrrole nitrogens is 1. The normalized spacial score (nSPS) is 18.1. The lowest BCUT2D eigenvalue weighted by Crippen LogP contribution is -2.32. The molecule has 2 aliphatic rings. The van der Waals surface area contributed by atoms with E-state index in [1.54, 1.807) is 12.1 Å². The first-order valence-corrected chi connectivity index (χ1v) is 10.4. The van der Waals surface area contributed by atoms with Crippen LogP contribution in [0.4, 0.5) is 5.82 Å². The number of ketones is 1. The third-order valence-electron chi connectivity index (χ3n) is 5.05. The number of anilines is 1. The van der Waals surface area contributed by atoms with E-state index in [1.807, 2.05) is 12.1 Å². The van der Waals surface area contributed by atoms with Gasteiger partial charge in [0.05, 0.1) is 17.2 Å². The number of nitrogens with zero attached hydrogens (tertiary/aromatic N) is 2. The molecule has 28 heavy (non-hydrogen) atoms. The van der Waals surface area contributed by atoms with Gasteiger partial charge in [-0.1, -0.05) is 30.8 Å². The molecule has 1 aromatic carbocycles. The van der Waals surface area contributed by atoms with Crippen molar-refractivity contribution in [2.24, 2.45) is 0 Å². The summed E-state index contributed by atoms with van der Waals surface area (Å²) in [6.45, 7) is 2.08. The maximum atomic E-state index is 13.0. The number of hydrogen-bond donors (Lipinski definition) is 2. The first-order chi connectivity index (χ1) is 13.6. The number of hydrogen-bond acceptors (Lipinski definition) is 6. The molecule has 7 heteroatoms. The molecule has 2 N–H and O–H groups in total. The molecule has 0 radical (unpaired) electrons. The lowest BCUT2D eigenvalue weighted by atomic mass is 9.76. The third-order valence-corrected chi connectivity index (χ3v) is 6.13. The van der Waals surface area contributed by atoms with Crippen LogP contribution in [0.2, 0.25) is 0 Å². The average molecular weight is 392 g/mol. The Bertz CT molecular complexity index is 1060. The van der Waals surface area contributed by atoms with Gasteiger partial charge >= 0.3 is 0 Å². The number of thioether (sulfide) groups is 1. The molecule has 1 atom stereocenters. The molecule has 1 aliphatic carbocycles. The highest BCUT2D eigenvalue weighted by molar-refractivity contribution is 7.99. The number of fused-ring (bicyclic) bond motifs is 1. The molecule has 0 fully saturated rings. The van der Waals surface area contributed by atoms with Crippen molar-refractivity contribution >= 4 is 23.4 Å². The van der Waals surface area contributed by atoms with E-state index in [1.165, 1.54) is 11.8 Å². The quantitative estimate of drug-likeness (QED) is 0.608. The third kappa shape index (κ3) is 3.25. The smallest absolute Gasteiger partial charge is 0.257 e. The van der Waals surface area contributed by atoms with Gasteiger partial charge in [-0.25, -0.2) is 4.98 Å². The largest absolute Gasteiger partial charge is 0.343 e. The summed E-state index contributed by atoms with van der Waals surface area (Å²) >= 11 is 1.51. The predicted molar refractivity (Wildman–Crippen MR) is 108 cm³/mol. The number of nitriles is 1. The van der Waals surface area contributed by atoms with Crippen LogP contribution in [0.3, 0.4) is 0 Å². The van der Waals surface area contributed by atoms with E-state index >= 15 is 0 Å². The molecular weight excluding hydrogens is 372 g/mol. The van der Waals surface area contributed by atoms with Gasteiger partial charge in [0.1, 0.15) is 5.82 Å². The van der Waals surface area contributed by atoms with Crippen LogP contribution < -0.4 is 10.9 Å². The van der Waals surface area contributed by atoms with Crippen molar-refractivity contribution < 1.29 is 4.79 Å². The summed E-state index contributed by atoms with van der Waals surface area (Å²) in [6.07, 6.45) is 3.02. The minimum Gasteiger partial charge on any atom is -0.343 e. The van der Waals surface area contributed by atoms with Crippen LogP contribution in [0, 0.1) is 11.3 Å². The SMILES string of the molecule is CCCSc1nc2c(c(=O)[nH]1)C(c1ccc(C#N)cc1)C1=C(CCCC1=O)N2. The highest BCUT2D eigenvalue weighted by atomic mass is 32.2. The Kier molecular flexibility index (Phi) is 5.05. The number of aromatic amines is 1. The van der Waals surface area contributed by atoms with Crippen molar-refractivity contribution in [1.82, 2.24) is 9.97 Å². The first-order valence-electron chi connectivity index (χ1n) is 9.42. The second kappa shape index (κ2) is 7.64. The van der Waals surface area contributed by atoms with Gasteiger partial charge in [0.2, 0.25) is 0 Å². The fraction of sp³-hybridized carbons (Fsp3) is 0.333. The van der Waals surface area contributed by atoms with Crippen molar-refractivity contribution in [3.63, 3.8) is 0 Å². The lowest BCUT2D eigenvalue weighted by molar-refractivity contribution is -0.116. The number of allylic oxidation sites excluding steroid dienone is 2. The van der Waals surface area contributed by atoms with Gasteiger partial charge in [-0.15, -0.1) is 0 Å². The summed E-state index contributed by atoms with van der Waals surface area (Å²) in [7, 11) is 0. The van der Waals surface area contributed by atoms with E-state index in [9.17, 15) is 9.59 Å². The lowest BCUT2D eigenvalue weighted by Gasteiger charge is -2.32. The monoisotopic (exact) mass is 392 g/mol. The zero-order chi connectivity index (χ0) is 19.7. The molecule has 1 aliphatic heterocycles. The molecule has 0 saturated heterocycles. The Morgan fingerprint density at radius 1 is 1.25 bits per heavy atom. The molecule has 0 amide bonds. The number of nitrogens with one attached hydrogen (secondary N) is 2. The number of aromatic nitrogens is 2. The molecule has 0 saturated carbocycles. The summed E-state index contributed by atoms with van der Waals surface area (Å²) in [5, 5.41) is 12.9. The number of Topliss-reactive ketones (excluding diaryl/α,β-unsaturated/α-hetero) is 1. The fourth-order valence-corrected chi connectivity index (χ4v) is 4.51. The van der Waals surface area contributed by atoms with Crippen LogP contribution in [-0.2, 0) is 4.79 Å². The number of carbonyl (C=O) groups is 1. The minimum atomic E-state index is -0.465. The zero-order valence-corrected chi connectivity index (χ0v) is 16.4. The summed E-state index contributed by atoms with van der Waals surface area (Å²) in [4.78, 5) is 33.3. The van der Waals surface area contributed by atoms with Crippen LogP contribution in [0.15, 0.2) is 45.5 Å². The molecular formula is C21H20N4O2S. The Labute approximate surface area is 167 Å². The summed E-state index contributed by atoms with van der Waals surface area (Å²) in [6, 6.07) is 9.19. The van der Waals surface area contributed by atoms with Crippen molar-refractivity contribution in [1.29, 1.82) is 5.26 Å². The van der Waals surface area contributed by atoms with Gasteiger partial charge in [-0.2, -0.15) is 5.26 Å². The van der Waals surface area contributed by atoms with Crippen molar-refractivity contribution in [3.8, 4) is 6.07 Å². The van der Waals surface area contributed by atoms with Gasteiger partial charge in [0.15, 0.2) is 10.9 Å². The highest BCUT2D eigenvalue weighted by Crippen LogP contribution is 2.43. The van der Waals surface area contributed by atoms with Crippen LogP contribution in [0.25, 0.3) is 0 Å². The molecule has 4 rings (SSSR count). The van der Waals surface area contributed by atoms with Gasteiger partial charge in [0, 0.05) is 29.4 Å². The Morgan fingerprint density at radius 2 is 2.04 bits per heavy atom. The summed E-state index contributed by atoms with van der Waals surface area (Å²) in [5.41, 5.74) is 3.13. The minimum absolute atomic E-state index is 0.0672. The van der Waals surface area contributed by atoms with E-state index in [0.29, 0.717) is 34.1 Å².